The topological polar surface area (TPSA) is 98.9 Å². The van der Waals surface area contributed by atoms with Crippen molar-refractivity contribution in [1.29, 1.82) is 0 Å². The summed E-state index contributed by atoms with van der Waals surface area (Å²) >= 11 is 6.21. The number of rotatable bonds is 6. The molecular weight excluding hydrogens is 461 g/mol. The van der Waals surface area contributed by atoms with E-state index in [1.54, 1.807) is 49.5 Å². The molecule has 0 radical (unpaired) electrons. The van der Waals surface area contributed by atoms with Crippen molar-refractivity contribution in [2.45, 2.75) is 20.0 Å². The van der Waals surface area contributed by atoms with Crippen LogP contribution in [0.25, 0.3) is 5.69 Å². The zero-order valence-corrected chi connectivity index (χ0v) is 18.8. The van der Waals surface area contributed by atoms with Gasteiger partial charge in [-0.25, -0.2) is 9.18 Å². The summed E-state index contributed by atoms with van der Waals surface area (Å²) in [5.41, 5.74) is -0.602. The number of nitrogens with zero attached hydrogens (tertiary/aromatic N) is 4. The number of aromatic nitrogens is 4. The molecule has 4 rings (SSSR count). The number of nitrogens with one attached hydrogen (secondary N) is 1. The number of hydrogen-bond donors (Lipinski definition) is 1. The van der Waals surface area contributed by atoms with E-state index in [-0.39, 0.29) is 24.3 Å². The SMILES string of the molecule is Cc1ccc(-n2nc(C(=O)NCc3ccccn3)c(=O)n(Cc3ccccc3F)c2=O)cc1Cl. The van der Waals surface area contributed by atoms with Crippen molar-refractivity contribution in [2.24, 2.45) is 0 Å². The number of amides is 1. The Balaban J connectivity index is 1.82. The second-order valence-electron chi connectivity index (χ2n) is 7.46. The Bertz CT molecular complexity index is 1480. The van der Waals surface area contributed by atoms with Crippen molar-refractivity contribution in [2.75, 3.05) is 0 Å². The Morgan fingerprint density at radius 1 is 1.09 bits per heavy atom. The first kappa shape index (κ1) is 23.1. The van der Waals surface area contributed by atoms with Crippen LogP contribution < -0.4 is 16.6 Å². The highest BCUT2D eigenvalue weighted by Gasteiger charge is 2.21. The molecule has 0 bridgehead atoms. The Kier molecular flexibility index (Phi) is 6.65. The maximum atomic E-state index is 14.3. The van der Waals surface area contributed by atoms with Gasteiger partial charge in [0.2, 0.25) is 5.69 Å². The Labute approximate surface area is 198 Å². The molecule has 0 aliphatic carbocycles. The predicted molar refractivity (Wildman–Crippen MR) is 125 cm³/mol. The van der Waals surface area contributed by atoms with Crippen LogP contribution in [0.1, 0.15) is 27.3 Å². The molecule has 1 amide bonds. The summed E-state index contributed by atoms with van der Waals surface area (Å²) in [6.45, 7) is 1.45. The molecule has 0 aliphatic rings. The molecule has 0 aliphatic heterocycles. The third-order valence-electron chi connectivity index (χ3n) is 5.12. The van der Waals surface area contributed by atoms with Crippen molar-refractivity contribution in [3.63, 3.8) is 0 Å². The highest BCUT2D eigenvalue weighted by molar-refractivity contribution is 6.31. The van der Waals surface area contributed by atoms with Crippen LogP contribution >= 0.6 is 11.6 Å². The fourth-order valence-corrected chi connectivity index (χ4v) is 3.41. The summed E-state index contributed by atoms with van der Waals surface area (Å²) in [5.74, 6) is -1.39. The molecule has 8 nitrogen and oxygen atoms in total. The van der Waals surface area contributed by atoms with Crippen LogP contribution in [0.3, 0.4) is 0 Å². The van der Waals surface area contributed by atoms with Gasteiger partial charge in [0.1, 0.15) is 5.82 Å². The molecule has 2 aromatic carbocycles. The van der Waals surface area contributed by atoms with Crippen LogP contribution in [0.15, 0.2) is 76.4 Å². The number of pyridine rings is 1. The highest BCUT2D eigenvalue weighted by Crippen LogP contribution is 2.18. The third-order valence-corrected chi connectivity index (χ3v) is 5.52. The summed E-state index contributed by atoms with van der Waals surface area (Å²) in [7, 11) is 0. The van der Waals surface area contributed by atoms with E-state index in [1.807, 2.05) is 0 Å². The summed E-state index contributed by atoms with van der Waals surface area (Å²) in [5, 5.41) is 6.99. The van der Waals surface area contributed by atoms with Crippen LogP contribution in [0.5, 0.6) is 0 Å². The highest BCUT2D eigenvalue weighted by atomic mass is 35.5. The van der Waals surface area contributed by atoms with Gasteiger partial charge in [-0.1, -0.05) is 41.9 Å². The lowest BCUT2D eigenvalue weighted by atomic mass is 10.2. The van der Waals surface area contributed by atoms with E-state index in [4.69, 9.17) is 11.6 Å². The minimum atomic E-state index is -0.943. The van der Waals surface area contributed by atoms with Gasteiger partial charge in [0.05, 0.1) is 24.5 Å². The first-order valence-corrected chi connectivity index (χ1v) is 10.6. The Morgan fingerprint density at radius 2 is 1.85 bits per heavy atom. The fourth-order valence-electron chi connectivity index (χ4n) is 3.23. The molecule has 0 atom stereocenters. The number of benzene rings is 2. The van der Waals surface area contributed by atoms with Crippen molar-refractivity contribution in [3.05, 3.63) is 121 Å². The van der Waals surface area contributed by atoms with Crippen LogP contribution in [0, 0.1) is 12.7 Å². The number of halogens is 2. The molecular formula is C24H19ClFN5O3. The van der Waals surface area contributed by atoms with Crippen LogP contribution in [0.4, 0.5) is 4.39 Å². The van der Waals surface area contributed by atoms with E-state index in [2.05, 4.69) is 15.4 Å². The first-order chi connectivity index (χ1) is 16.3. The second-order valence-corrected chi connectivity index (χ2v) is 7.87. The van der Waals surface area contributed by atoms with Crippen molar-refractivity contribution in [3.8, 4) is 5.69 Å². The molecule has 0 spiro atoms. The molecule has 34 heavy (non-hydrogen) atoms. The molecule has 4 aromatic rings. The molecule has 10 heteroatoms. The molecule has 172 valence electrons. The zero-order valence-electron chi connectivity index (χ0n) is 18.0. The van der Waals surface area contributed by atoms with E-state index in [9.17, 15) is 18.8 Å². The number of carbonyl (C=O) groups is 1. The van der Waals surface area contributed by atoms with E-state index >= 15 is 0 Å². The monoisotopic (exact) mass is 479 g/mol. The zero-order chi connectivity index (χ0) is 24.2. The summed E-state index contributed by atoms with van der Waals surface area (Å²) in [6.07, 6.45) is 1.57. The minimum Gasteiger partial charge on any atom is -0.345 e. The van der Waals surface area contributed by atoms with Crippen LogP contribution in [-0.2, 0) is 13.1 Å². The van der Waals surface area contributed by atoms with E-state index in [0.717, 1.165) is 14.8 Å². The lowest BCUT2D eigenvalue weighted by molar-refractivity contribution is 0.0940. The molecule has 2 heterocycles. The van der Waals surface area contributed by atoms with Gasteiger partial charge in [0, 0.05) is 16.8 Å². The first-order valence-electron chi connectivity index (χ1n) is 10.3. The molecule has 0 unspecified atom stereocenters. The third kappa shape index (κ3) is 4.79. The summed E-state index contributed by atoms with van der Waals surface area (Å²) in [6, 6.07) is 15.7. The largest absolute Gasteiger partial charge is 0.352 e. The van der Waals surface area contributed by atoms with Gasteiger partial charge in [-0.3, -0.25) is 19.1 Å². The van der Waals surface area contributed by atoms with Crippen molar-refractivity contribution in [1.82, 2.24) is 24.6 Å². The lowest BCUT2D eigenvalue weighted by Gasteiger charge is -2.13. The molecule has 1 N–H and O–H groups in total. The average molecular weight is 480 g/mol. The molecule has 0 saturated heterocycles. The van der Waals surface area contributed by atoms with Crippen LogP contribution in [0.2, 0.25) is 5.02 Å². The number of hydrogen-bond acceptors (Lipinski definition) is 5. The molecule has 2 aromatic heterocycles. The Morgan fingerprint density at radius 3 is 2.56 bits per heavy atom. The lowest BCUT2D eigenvalue weighted by Crippen LogP contribution is -2.46. The van der Waals surface area contributed by atoms with Gasteiger partial charge in [-0.05, 0) is 42.8 Å². The van der Waals surface area contributed by atoms with Crippen molar-refractivity contribution >= 4 is 17.5 Å². The summed E-state index contributed by atoms with van der Waals surface area (Å²) < 4.78 is 16.0. The Hall–Kier alpha value is -4.11. The standard InChI is InChI=1S/C24H19ClFN5O3/c1-15-9-10-18(12-19(15)25)31-24(34)30(14-16-6-2-3-8-20(16)26)23(33)21(29-31)22(32)28-13-17-7-4-5-11-27-17/h2-12H,13-14H2,1H3,(H,28,32). The average Bonchev–Trinajstić information content (AvgIpc) is 2.84. The molecule has 0 fully saturated rings. The second kappa shape index (κ2) is 9.80. The van der Waals surface area contributed by atoms with Gasteiger partial charge in [-0.15, -0.1) is 0 Å². The normalized spacial score (nSPS) is 10.8. The van der Waals surface area contributed by atoms with E-state index < -0.39 is 28.7 Å². The van der Waals surface area contributed by atoms with Gasteiger partial charge in [-0.2, -0.15) is 9.78 Å². The van der Waals surface area contributed by atoms with Gasteiger partial charge < -0.3 is 5.32 Å². The van der Waals surface area contributed by atoms with Gasteiger partial charge in [0.25, 0.3) is 11.5 Å². The predicted octanol–water partition coefficient (Wildman–Crippen LogP) is 2.87. The fraction of sp³-hybridized carbons (Fsp3) is 0.125. The molecule has 0 saturated carbocycles. The van der Waals surface area contributed by atoms with Crippen LogP contribution in [-0.4, -0.2) is 25.2 Å². The maximum absolute atomic E-state index is 14.3. The van der Waals surface area contributed by atoms with Gasteiger partial charge >= 0.3 is 5.69 Å². The maximum Gasteiger partial charge on any atom is 0.352 e. The minimum absolute atomic E-state index is 0.0452. The van der Waals surface area contributed by atoms with Crippen molar-refractivity contribution < 1.29 is 9.18 Å². The number of aryl methyl sites for hydroxylation is 1. The smallest absolute Gasteiger partial charge is 0.345 e. The van der Waals surface area contributed by atoms with E-state index in [0.29, 0.717) is 10.7 Å². The quantitative estimate of drug-likeness (QED) is 0.458. The summed E-state index contributed by atoms with van der Waals surface area (Å²) in [4.78, 5) is 43.4. The van der Waals surface area contributed by atoms with Gasteiger partial charge in [0.15, 0.2) is 0 Å². The number of carbonyl (C=O) groups excluding carboxylic acids is 1. The van der Waals surface area contributed by atoms with E-state index in [1.165, 1.54) is 24.3 Å².